The number of nitrogens with one attached hydrogen (secondary N) is 1. The molecule has 29 heavy (non-hydrogen) atoms. The Labute approximate surface area is 170 Å². The van der Waals surface area contributed by atoms with Crippen LogP contribution in [0.3, 0.4) is 0 Å². The van der Waals surface area contributed by atoms with Gasteiger partial charge in [-0.3, -0.25) is 9.78 Å². The Kier molecular flexibility index (Phi) is 5.53. The number of nitrogens with zero attached hydrogens (tertiary/aromatic N) is 4. The monoisotopic (exact) mass is 416 g/mol. The molecule has 1 aliphatic heterocycles. The van der Waals surface area contributed by atoms with Crippen LogP contribution in [0.4, 0.5) is 14.5 Å². The van der Waals surface area contributed by atoms with Crippen molar-refractivity contribution in [1.82, 2.24) is 9.97 Å². The smallest absolute Gasteiger partial charge is 0.274 e. The fourth-order valence-electron chi connectivity index (χ4n) is 2.90. The molecule has 3 heterocycles. The molecule has 0 bridgehead atoms. The van der Waals surface area contributed by atoms with Gasteiger partial charge >= 0.3 is 0 Å². The van der Waals surface area contributed by atoms with Crippen molar-refractivity contribution in [2.24, 2.45) is 10.7 Å². The van der Waals surface area contributed by atoms with Crippen molar-refractivity contribution in [3.8, 4) is 6.07 Å². The standard InChI is InChI=1S/C19H18F2N6OS/c1-18(8-15(19(2,20)21)29-17(23)27-18)14-7-12(5-6-24-14)26-16(28)13-4-3-11(9-22)10-25-13/h3-7,10,15H,8H2,1-2H3,(H2,23,27)(H,24,26,28)/t15-,18-/m0/s1. The van der Waals surface area contributed by atoms with Crippen LogP contribution in [-0.4, -0.2) is 32.2 Å². The molecule has 150 valence electrons. The lowest BCUT2D eigenvalue weighted by molar-refractivity contribution is 0.0120. The lowest BCUT2D eigenvalue weighted by Gasteiger charge is -2.36. The van der Waals surface area contributed by atoms with E-state index >= 15 is 0 Å². The molecule has 0 saturated carbocycles. The zero-order chi connectivity index (χ0) is 21.2. The second kappa shape index (κ2) is 7.75. The van der Waals surface area contributed by atoms with Crippen molar-refractivity contribution in [3.63, 3.8) is 0 Å². The second-order valence-electron chi connectivity index (χ2n) is 6.92. The molecule has 10 heteroatoms. The number of carbonyl (C=O) groups excluding carboxylic acids is 1. The fourth-order valence-corrected chi connectivity index (χ4v) is 4.06. The number of anilines is 1. The molecule has 0 radical (unpaired) electrons. The zero-order valence-electron chi connectivity index (χ0n) is 15.7. The van der Waals surface area contributed by atoms with Gasteiger partial charge in [-0.15, -0.1) is 0 Å². The number of rotatable bonds is 4. The maximum absolute atomic E-state index is 13.9. The van der Waals surface area contributed by atoms with Crippen molar-refractivity contribution in [1.29, 1.82) is 5.26 Å². The SMILES string of the molecule is CC(F)(F)[C@@H]1C[C@@](C)(c2cc(NC(=O)c3ccc(C#N)cn3)ccn2)N=C(N)S1. The third-order valence-electron chi connectivity index (χ3n) is 4.46. The number of nitriles is 1. The molecule has 1 aliphatic rings. The maximum atomic E-state index is 13.9. The summed E-state index contributed by atoms with van der Waals surface area (Å²) in [5.41, 5.74) is 6.06. The van der Waals surface area contributed by atoms with Crippen LogP contribution < -0.4 is 11.1 Å². The van der Waals surface area contributed by atoms with E-state index in [4.69, 9.17) is 11.0 Å². The average molecular weight is 416 g/mol. The molecule has 2 atom stereocenters. The van der Waals surface area contributed by atoms with Crippen LogP contribution in [0.2, 0.25) is 0 Å². The van der Waals surface area contributed by atoms with Gasteiger partial charge in [0.05, 0.1) is 16.5 Å². The summed E-state index contributed by atoms with van der Waals surface area (Å²) in [7, 11) is 0. The fraction of sp³-hybridized carbons (Fsp3) is 0.316. The molecule has 0 unspecified atom stereocenters. The minimum atomic E-state index is -2.93. The van der Waals surface area contributed by atoms with E-state index in [1.807, 2.05) is 6.07 Å². The number of carbonyl (C=O) groups is 1. The van der Waals surface area contributed by atoms with E-state index < -0.39 is 22.6 Å². The van der Waals surface area contributed by atoms with Gasteiger partial charge in [-0.2, -0.15) is 5.26 Å². The molecule has 3 N–H and O–H groups in total. The molecule has 0 aromatic carbocycles. The molecule has 0 fully saturated rings. The van der Waals surface area contributed by atoms with Crippen molar-refractivity contribution < 1.29 is 13.6 Å². The van der Waals surface area contributed by atoms with E-state index in [2.05, 4.69) is 20.3 Å². The first kappa shape index (κ1) is 20.7. The van der Waals surface area contributed by atoms with Crippen molar-refractivity contribution in [3.05, 3.63) is 53.6 Å². The van der Waals surface area contributed by atoms with Crippen LogP contribution in [0.15, 0.2) is 41.7 Å². The van der Waals surface area contributed by atoms with Gasteiger partial charge in [-0.1, -0.05) is 11.8 Å². The van der Waals surface area contributed by atoms with Crippen molar-refractivity contribution in [2.45, 2.75) is 37.0 Å². The lowest BCUT2D eigenvalue weighted by Crippen LogP contribution is -2.41. The summed E-state index contributed by atoms with van der Waals surface area (Å²) in [4.78, 5) is 25.0. The Morgan fingerprint density at radius 2 is 2.17 bits per heavy atom. The van der Waals surface area contributed by atoms with Gasteiger partial charge in [0, 0.05) is 25.0 Å². The third-order valence-corrected chi connectivity index (χ3v) is 5.66. The number of amides is 1. The highest BCUT2D eigenvalue weighted by atomic mass is 32.2. The predicted octanol–water partition coefficient (Wildman–Crippen LogP) is 3.29. The van der Waals surface area contributed by atoms with Gasteiger partial charge in [-0.05, 0) is 37.6 Å². The van der Waals surface area contributed by atoms with Crippen LogP contribution in [0.5, 0.6) is 0 Å². The zero-order valence-corrected chi connectivity index (χ0v) is 16.5. The van der Waals surface area contributed by atoms with Gasteiger partial charge in [-0.25, -0.2) is 18.8 Å². The Morgan fingerprint density at radius 3 is 2.79 bits per heavy atom. The first-order valence-electron chi connectivity index (χ1n) is 8.64. The number of hydrogen-bond acceptors (Lipinski definition) is 7. The molecule has 7 nitrogen and oxygen atoms in total. The molecule has 0 spiro atoms. The Hall–Kier alpha value is -3.06. The van der Waals surface area contributed by atoms with Crippen molar-refractivity contribution in [2.75, 3.05) is 5.32 Å². The Bertz CT molecular complexity index is 999. The Morgan fingerprint density at radius 1 is 1.41 bits per heavy atom. The lowest BCUT2D eigenvalue weighted by atomic mass is 9.90. The van der Waals surface area contributed by atoms with Gasteiger partial charge in [0.2, 0.25) is 0 Å². The number of hydrogen-bond donors (Lipinski definition) is 2. The first-order valence-corrected chi connectivity index (χ1v) is 9.52. The minimum absolute atomic E-state index is 0.0451. The quantitative estimate of drug-likeness (QED) is 0.790. The molecule has 2 aromatic heterocycles. The summed E-state index contributed by atoms with van der Waals surface area (Å²) in [6, 6.07) is 8.01. The molecule has 0 aliphatic carbocycles. The number of amidine groups is 1. The number of pyridine rings is 2. The summed E-state index contributed by atoms with van der Waals surface area (Å²) < 4.78 is 27.8. The highest BCUT2D eigenvalue weighted by Crippen LogP contribution is 2.43. The largest absolute Gasteiger partial charge is 0.379 e. The van der Waals surface area contributed by atoms with E-state index in [0.29, 0.717) is 16.9 Å². The van der Waals surface area contributed by atoms with Crippen LogP contribution in [0.1, 0.15) is 42.0 Å². The van der Waals surface area contributed by atoms with Gasteiger partial charge in [0.25, 0.3) is 11.8 Å². The first-order chi connectivity index (χ1) is 13.6. The summed E-state index contributed by atoms with van der Waals surface area (Å²) in [6.45, 7) is 2.55. The van der Waals surface area contributed by atoms with E-state index in [9.17, 15) is 13.6 Å². The minimum Gasteiger partial charge on any atom is -0.379 e. The molecule has 2 aromatic rings. The molecule has 3 rings (SSSR count). The number of nitrogens with two attached hydrogens (primary N) is 1. The topological polar surface area (TPSA) is 117 Å². The molecular weight excluding hydrogens is 398 g/mol. The summed E-state index contributed by atoms with van der Waals surface area (Å²) >= 11 is 0.854. The van der Waals surface area contributed by atoms with Crippen LogP contribution in [0, 0.1) is 11.3 Å². The van der Waals surface area contributed by atoms with Crippen LogP contribution >= 0.6 is 11.8 Å². The molecule has 1 amide bonds. The maximum Gasteiger partial charge on any atom is 0.274 e. The number of thioether (sulfide) groups is 1. The highest BCUT2D eigenvalue weighted by molar-refractivity contribution is 8.14. The van der Waals surface area contributed by atoms with Gasteiger partial charge in [0.1, 0.15) is 17.3 Å². The second-order valence-corrected chi connectivity index (χ2v) is 8.14. The van der Waals surface area contributed by atoms with E-state index in [-0.39, 0.29) is 17.3 Å². The summed E-state index contributed by atoms with van der Waals surface area (Å²) in [5, 5.41) is 10.5. The average Bonchev–Trinajstić information content (AvgIpc) is 2.67. The van der Waals surface area contributed by atoms with E-state index in [1.54, 1.807) is 19.1 Å². The summed E-state index contributed by atoms with van der Waals surface area (Å²) in [6.07, 6.45) is 2.81. The predicted molar refractivity (Wildman–Crippen MR) is 107 cm³/mol. The number of halogens is 2. The van der Waals surface area contributed by atoms with Crippen molar-refractivity contribution >= 4 is 28.5 Å². The third kappa shape index (κ3) is 4.68. The van der Waals surface area contributed by atoms with E-state index in [0.717, 1.165) is 18.7 Å². The Balaban J connectivity index is 1.84. The van der Waals surface area contributed by atoms with Gasteiger partial charge < -0.3 is 11.1 Å². The summed E-state index contributed by atoms with van der Waals surface area (Å²) in [5.74, 6) is -3.41. The molecule has 0 saturated heterocycles. The van der Waals surface area contributed by atoms with E-state index in [1.165, 1.54) is 24.5 Å². The molecular formula is C19H18F2N6OS. The number of aromatic nitrogens is 2. The normalized spacial score (nSPS) is 21.8. The number of aliphatic imine (C=N–C) groups is 1. The number of alkyl halides is 2. The van der Waals surface area contributed by atoms with Gasteiger partial charge in [0.15, 0.2) is 5.17 Å². The van der Waals surface area contributed by atoms with Crippen LogP contribution in [0.25, 0.3) is 0 Å². The van der Waals surface area contributed by atoms with Crippen LogP contribution in [-0.2, 0) is 5.54 Å². The highest BCUT2D eigenvalue weighted by Gasteiger charge is 2.45.